The maximum Gasteiger partial charge on any atom is 0.217 e. The fourth-order valence-electron chi connectivity index (χ4n) is 2.45. The monoisotopic (exact) mass is 282 g/mol. The minimum Gasteiger partial charge on any atom is -0.506 e. The first-order valence-corrected chi connectivity index (χ1v) is 6.90. The molecule has 1 aromatic carbocycles. The smallest absolute Gasteiger partial charge is 0.217 e. The van der Waals surface area contributed by atoms with Crippen LogP contribution in [0.1, 0.15) is 25.3 Å². The number of rotatable bonds is 3. The Kier molecular flexibility index (Phi) is 4.66. The lowest BCUT2D eigenvalue weighted by atomic mass is 10.0. The summed E-state index contributed by atoms with van der Waals surface area (Å²) >= 11 is 5.90. The van der Waals surface area contributed by atoms with Gasteiger partial charge in [0.1, 0.15) is 5.75 Å². The standard InChI is InChI=1S/C14H19ClN2O2/c1-10(18)16-12-5-7-17(8-6-12)9-11-3-2-4-13(15)14(11)19/h2-4,12,19H,5-9H2,1H3,(H,16,18). The summed E-state index contributed by atoms with van der Waals surface area (Å²) < 4.78 is 0. The van der Waals surface area contributed by atoms with Gasteiger partial charge in [-0.15, -0.1) is 0 Å². The van der Waals surface area contributed by atoms with Gasteiger partial charge >= 0.3 is 0 Å². The van der Waals surface area contributed by atoms with Crippen molar-refractivity contribution in [2.75, 3.05) is 13.1 Å². The number of halogens is 1. The van der Waals surface area contributed by atoms with Gasteiger partial charge < -0.3 is 10.4 Å². The Hall–Kier alpha value is -1.26. The maximum atomic E-state index is 11.0. The molecule has 2 N–H and O–H groups in total. The molecule has 1 saturated heterocycles. The number of nitrogens with zero attached hydrogens (tertiary/aromatic N) is 1. The third-order valence-electron chi connectivity index (χ3n) is 3.46. The van der Waals surface area contributed by atoms with Crippen LogP contribution in [0.2, 0.25) is 5.02 Å². The number of likely N-dealkylation sites (tertiary alicyclic amines) is 1. The molecule has 0 radical (unpaired) electrons. The van der Waals surface area contributed by atoms with Gasteiger partial charge in [-0.25, -0.2) is 0 Å². The number of phenols is 1. The third-order valence-corrected chi connectivity index (χ3v) is 3.76. The van der Waals surface area contributed by atoms with Gasteiger partial charge in [0.25, 0.3) is 0 Å². The van der Waals surface area contributed by atoms with Gasteiger partial charge in [0, 0.05) is 38.2 Å². The summed E-state index contributed by atoms with van der Waals surface area (Å²) in [4.78, 5) is 13.3. The third kappa shape index (κ3) is 3.85. The summed E-state index contributed by atoms with van der Waals surface area (Å²) in [6, 6.07) is 5.70. The highest BCUT2D eigenvalue weighted by Gasteiger charge is 2.20. The summed E-state index contributed by atoms with van der Waals surface area (Å²) in [5, 5.41) is 13.2. The van der Waals surface area contributed by atoms with Crippen LogP contribution in [0, 0.1) is 0 Å². The predicted molar refractivity (Wildman–Crippen MR) is 75.2 cm³/mol. The number of benzene rings is 1. The first-order valence-electron chi connectivity index (χ1n) is 6.52. The van der Waals surface area contributed by atoms with Crippen LogP contribution >= 0.6 is 11.6 Å². The van der Waals surface area contributed by atoms with Gasteiger partial charge in [-0.1, -0.05) is 23.7 Å². The molecule has 1 heterocycles. The van der Waals surface area contributed by atoms with E-state index in [9.17, 15) is 9.90 Å². The number of nitrogens with one attached hydrogen (secondary N) is 1. The normalized spacial score (nSPS) is 17.4. The van der Waals surface area contributed by atoms with E-state index in [1.165, 1.54) is 0 Å². The number of carbonyl (C=O) groups is 1. The Balaban J connectivity index is 1.89. The van der Waals surface area contributed by atoms with Gasteiger partial charge in [-0.05, 0) is 18.9 Å². The Morgan fingerprint density at radius 3 is 2.79 bits per heavy atom. The van der Waals surface area contributed by atoms with Crippen LogP contribution in [-0.4, -0.2) is 35.0 Å². The molecule has 1 aromatic rings. The number of carbonyl (C=O) groups excluding carboxylic acids is 1. The summed E-state index contributed by atoms with van der Waals surface area (Å²) in [5.41, 5.74) is 0.852. The van der Waals surface area contributed by atoms with E-state index < -0.39 is 0 Å². The number of para-hydroxylation sites is 1. The Labute approximate surface area is 118 Å². The highest BCUT2D eigenvalue weighted by atomic mass is 35.5. The van der Waals surface area contributed by atoms with Crippen molar-refractivity contribution in [3.05, 3.63) is 28.8 Å². The van der Waals surface area contributed by atoms with E-state index in [0.717, 1.165) is 31.5 Å². The molecule has 4 nitrogen and oxygen atoms in total. The van der Waals surface area contributed by atoms with Crippen molar-refractivity contribution in [3.63, 3.8) is 0 Å². The number of amides is 1. The number of hydrogen-bond acceptors (Lipinski definition) is 3. The van der Waals surface area contributed by atoms with Crippen molar-refractivity contribution in [1.29, 1.82) is 0 Å². The Morgan fingerprint density at radius 2 is 2.16 bits per heavy atom. The van der Waals surface area contributed by atoms with Crippen molar-refractivity contribution in [2.45, 2.75) is 32.4 Å². The SMILES string of the molecule is CC(=O)NC1CCN(Cc2cccc(Cl)c2O)CC1. The van der Waals surface area contributed by atoms with Crippen molar-refractivity contribution >= 4 is 17.5 Å². The van der Waals surface area contributed by atoms with Crippen molar-refractivity contribution in [1.82, 2.24) is 10.2 Å². The summed E-state index contributed by atoms with van der Waals surface area (Å²) in [6.45, 7) is 4.07. The quantitative estimate of drug-likeness (QED) is 0.893. The number of hydrogen-bond donors (Lipinski definition) is 2. The fourth-order valence-corrected chi connectivity index (χ4v) is 2.65. The van der Waals surface area contributed by atoms with Gasteiger partial charge in [0.2, 0.25) is 5.91 Å². The molecule has 0 aliphatic carbocycles. The molecule has 1 aliphatic rings. The zero-order valence-electron chi connectivity index (χ0n) is 11.0. The van der Waals surface area contributed by atoms with E-state index >= 15 is 0 Å². The molecule has 0 saturated carbocycles. The Bertz CT molecular complexity index is 457. The summed E-state index contributed by atoms with van der Waals surface area (Å²) in [5.74, 6) is 0.207. The van der Waals surface area contributed by atoms with Crippen LogP contribution in [-0.2, 0) is 11.3 Å². The molecule has 19 heavy (non-hydrogen) atoms. The molecule has 1 amide bonds. The highest BCUT2D eigenvalue weighted by Crippen LogP contribution is 2.28. The van der Waals surface area contributed by atoms with Crippen LogP contribution < -0.4 is 5.32 Å². The van der Waals surface area contributed by atoms with Crippen LogP contribution in [0.5, 0.6) is 5.75 Å². The molecule has 5 heteroatoms. The first kappa shape index (κ1) is 14.2. The van der Waals surface area contributed by atoms with Gasteiger partial charge in [0.05, 0.1) is 5.02 Å². The molecule has 104 valence electrons. The second kappa shape index (κ2) is 6.26. The largest absolute Gasteiger partial charge is 0.506 e. The number of aromatic hydroxyl groups is 1. The molecule has 0 bridgehead atoms. The molecule has 1 aliphatic heterocycles. The minimum absolute atomic E-state index is 0.0333. The van der Waals surface area contributed by atoms with Gasteiger partial charge in [0.15, 0.2) is 0 Å². The van der Waals surface area contributed by atoms with Crippen molar-refractivity contribution in [3.8, 4) is 5.75 Å². The van der Waals surface area contributed by atoms with Gasteiger partial charge in [-0.3, -0.25) is 9.69 Å². The Morgan fingerprint density at radius 1 is 1.47 bits per heavy atom. The average molecular weight is 283 g/mol. The molecular formula is C14H19ClN2O2. The lowest BCUT2D eigenvalue weighted by Crippen LogP contribution is -2.43. The molecule has 1 fully saturated rings. The summed E-state index contributed by atoms with van der Waals surface area (Å²) in [6.07, 6.45) is 1.89. The minimum atomic E-state index is 0.0333. The molecule has 0 unspecified atom stereocenters. The van der Waals surface area contributed by atoms with Crippen molar-refractivity contribution < 1.29 is 9.90 Å². The van der Waals surface area contributed by atoms with Crippen LogP contribution in [0.4, 0.5) is 0 Å². The van der Waals surface area contributed by atoms with E-state index in [-0.39, 0.29) is 17.7 Å². The van der Waals surface area contributed by atoms with E-state index in [1.807, 2.05) is 12.1 Å². The van der Waals surface area contributed by atoms with E-state index in [2.05, 4.69) is 10.2 Å². The molecule has 0 atom stereocenters. The second-order valence-corrected chi connectivity index (χ2v) is 5.41. The van der Waals surface area contributed by atoms with Crippen LogP contribution in [0.15, 0.2) is 18.2 Å². The zero-order chi connectivity index (χ0) is 13.8. The van der Waals surface area contributed by atoms with E-state index in [4.69, 9.17) is 11.6 Å². The van der Waals surface area contributed by atoms with E-state index in [0.29, 0.717) is 11.6 Å². The molecular weight excluding hydrogens is 264 g/mol. The average Bonchev–Trinajstić information content (AvgIpc) is 2.37. The lowest BCUT2D eigenvalue weighted by Gasteiger charge is -2.32. The van der Waals surface area contributed by atoms with Gasteiger partial charge in [-0.2, -0.15) is 0 Å². The molecule has 0 spiro atoms. The zero-order valence-corrected chi connectivity index (χ0v) is 11.8. The lowest BCUT2D eigenvalue weighted by molar-refractivity contribution is -0.119. The highest BCUT2D eigenvalue weighted by molar-refractivity contribution is 6.32. The predicted octanol–water partition coefficient (Wildman–Crippen LogP) is 2.15. The van der Waals surface area contributed by atoms with Crippen LogP contribution in [0.25, 0.3) is 0 Å². The maximum absolute atomic E-state index is 11.0. The summed E-state index contributed by atoms with van der Waals surface area (Å²) in [7, 11) is 0. The fraction of sp³-hybridized carbons (Fsp3) is 0.500. The molecule has 0 aromatic heterocycles. The topological polar surface area (TPSA) is 52.6 Å². The number of phenolic OH excluding ortho intramolecular Hbond substituents is 1. The van der Waals surface area contributed by atoms with E-state index in [1.54, 1.807) is 13.0 Å². The van der Waals surface area contributed by atoms with Crippen LogP contribution in [0.3, 0.4) is 0 Å². The number of piperidine rings is 1. The first-order chi connectivity index (χ1) is 9.06. The van der Waals surface area contributed by atoms with Crippen molar-refractivity contribution in [2.24, 2.45) is 0 Å². The molecule has 2 rings (SSSR count). The second-order valence-electron chi connectivity index (χ2n) is 5.00.